The van der Waals surface area contributed by atoms with Crippen LogP contribution in [0, 0.1) is 0 Å². The van der Waals surface area contributed by atoms with E-state index in [0.29, 0.717) is 0 Å². The van der Waals surface area contributed by atoms with Crippen molar-refractivity contribution in [3.63, 3.8) is 0 Å². The van der Waals surface area contributed by atoms with Gasteiger partial charge < -0.3 is 9.16 Å². The van der Waals surface area contributed by atoms with Crippen LogP contribution in [0.1, 0.15) is 19.8 Å². The van der Waals surface area contributed by atoms with E-state index >= 15 is 0 Å². The van der Waals surface area contributed by atoms with E-state index < -0.39 is 14.1 Å². The third kappa shape index (κ3) is 3.03. The maximum Gasteiger partial charge on any atom is 0.227 e. The molecule has 2 rings (SSSR count). The van der Waals surface area contributed by atoms with E-state index in [4.69, 9.17) is 9.16 Å². The summed E-state index contributed by atoms with van der Waals surface area (Å²) in [4.78, 5) is 0. The normalized spacial score (nSPS) is 27.1. The Hall–Kier alpha value is -1.06. The standard InChI is InChI=1S/C15H22O2Si/c1-13-9-7-8-12-15(13,17-18(2,3)4)16-14-10-5-6-11-14/h5,7-11H,6,12H2,1-4H3. The summed E-state index contributed by atoms with van der Waals surface area (Å²) >= 11 is 0. The van der Waals surface area contributed by atoms with Crippen LogP contribution in [0.25, 0.3) is 0 Å². The lowest BCUT2D eigenvalue weighted by Gasteiger charge is -2.40. The quantitative estimate of drug-likeness (QED) is 0.555. The Morgan fingerprint density at radius 1 is 1.22 bits per heavy atom. The highest BCUT2D eigenvalue weighted by molar-refractivity contribution is 6.69. The molecule has 0 amide bonds. The van der Waals surface area contributed by atoms with Crippen molar-refractivity contribution in [2.24, 2.45) is 0 Å². The molecule has 0 spiro atoms. The van der Waals surface area contributed by atoms with Crippen LogP contribution >= 0.6 is 0 Å². The van der Waals surface area contributed by atoms with Crippen molar-refractivity contribution in [1.29, 1.82) is 0 Å². The molecule has 0 bridgehead atoms. The Bertz CT molecular complexity index is 438. The lowest BCUT2D eigenvalue weighted by Crippen LogP contribution is -2.46. The largest absolute Gasteiger partial charge is 0.459 e. The Labute approximate surface area is 111 Å². The smallest absolute Gasteiger partial charge is 0.227 e. The Balaban J connectivity index is 2.25. The highest BCUT2D eigenvalue weighted by Crippen LogP contribution is 2.36. The molecule has 0 aromatic heterocycles. The summed E-state index contributed by atoms with van der Waals surface area (Å²) < 4.78 is 12.6. The van der Waals surface area contributed by atoms with E-state index in [1.54, 1.807) is 0 Å². The van der Waals surface area contributed by atoms with Crippen LogP contribution in [0.15, 0.2) is 47.8 Å². The van der Waals surface area contributed by atoms with Gasteiger partial charge in [-0.25, -0.2) is 0 Å². The summed E-state index contributed by atoms with van der Waals surface area (Å²) in [6, 6.07) is 0. The summed E-state index contributed by atoms with van der Waals surface area (Å²) in [5, 5.41) is 0. The number of ether oxygens (including phenoxy) is 1. The average molecular weight is 262 g/mol. The number of allylic oxidation sites excluding steroid dienone is 5. The molecule has 0 N–H and O–H groups in total. The minimum atomic E-state index is -1.68. The molecule has 0 saturated carbocycles. The van der Waals surface area contributed by atoms with Crippen molar-refractivity contribution in [2.45, 2.75) is 45.2 Å². The van der Waals surface area contributed by atoms with Crippen LogP contribution in [0.4, 0.5) is 0 Å². The van der Waals surface area contributed by atoms with Gasteiger partial charge >= 0.3 is 0 Å². The lowest BCUT2D eigenvalue weighted by atomic mass is 9.99. The Morgan fingerprint density at radius 3 is 2.56 bits per heavy atom. The van der Waals surface area contributed by atoms with Crippen LogP contribution in [0.5, 0.6) is 0 Å². The topological polar surface area (TPSA) is 18.5 Å². The van der Waals surface area contributed by atoms with Crippen LogP contribution in [0.3, 0.4) is 0 Å². The van der Waals surface area contributed by atoms with Gasteiger partial charge in [-0.1, -0.05) is 24.3 Å². The first-order valence-electron chi connectivity index (χ1n) is 6.51. The molecular formula is C15H22O2Si. The van der Waals surface area contributed by atoms with Crippen LogP contribution in [-0.2, 0) is 9.16 Å². The first-order chi connectivity index (χ1) is 8.41. The summed E-state index contributed by atoms with van der Waals surface area (Å²) in [5.41, 5.74) is 1.15. The first-order valence-corrected chi connectivity index (χ1v) is 9.92. The number of hydrogen-bond acceptors (Lipinski definition) is 2. The molecule has 0 radical (unpaired) electrons. The van der Waals surface area contributed by atoms with Crippen molar-refractivity contribution in [3.05, 3.63) is 47.8 Å². The summed E-state index contributed by atoms with van der Waals surface area (Å²) in [7, 11) is -1.68. The number of hydrogen-bond donors (Lipinski definition) is 0. The molecule has 0 heterocycles. The number of rotatable bonds is 4. The molecule has 2 aliphatic carbocycles. The van der Waals surface area contributed by atoms with Gasteiger partial charge in [-0.2, -0.15) is 0 Å². The van der Waals surface area contributed by atoms with Gasteiger partial charge in [-0.15, -0.1) is 0 Å². The van der Waals surface area contributed by atoms with E-state index in [0.717, 1.165) is 24.2 Å². The van der Waals surface area contributed by atoms with Gasteiger partial charge in [0.05, 0.1) is 0 Å². The summed E-state index contributed by atoms with van der Waals surface area (Å²) in [6.07, 6.45) is 14.2. The molecule has 2 aliphatic rings. The summed E-state index contributed by atoms with van der Waals surface area (Å²) in [6.45, 7) is 8.68. The van der Waals surface area contributed by atoms with Gasteiger partial charge in [0.15, 0.2) is 8.32 Å². The zero-order valence-electron chi connectivity index (χ0n) is 11.7. The van der Waals surface area contributed by atoms with Crippen LogP contribution < -0.4 is 0 Å². The van der Waals surface area contributed by atoms with E-state index in [2.05, 4.69) is 56.9 Å². The van der Waals surface area contributed by atoms with Gasteiger partial charge in [0.1, 0.15) is 5.76 Å². The zero-order valence-corrected chi connectivity index (χ0v) is 12.7. The van der Waals surface area contributed by atoms with Crippen molar-refractivity contribution >= 4 is 8.32 Å². The fraction of sp³-hybridized carbons (Fsp3) is 0.467. The van der Waals surface area contributed by atoms with Crippen molar-refractivity contribution < 1.29 is 9.16 Å². The predicted octanol–water partition coefficient (Wildman–Crippen LogP) is 4.30. The minimum absolute atomic E-state index is 0.597. The maximum absolute atomic E-state index is 6.36. The second-order valence-corrected chi connectivity index (χ2v) is 10.2. The third-order valence-electron chi connectivity index (χ3n) is 2.96. The molecule has 0 aliphatic heterocycles. The lowest BCUT2D eigenvalue weighted by molar-refractivity contribution is -0.125. The van der Waals surface area contributed by atoms with Gasteiger partial charge in [0, 0.05) is 6.42 Å². The highest BCUT2D eigenvalue weighted by Gasteiger charge is 2.40. The molecule has 0 aromatic carbocycles. The van der Waals surface area contributed by atoms with Gasteiger partial charge in [0.25, 0.3) is 0 Å². The van der Waals surface area contributed by atoms with E-state index in [1.807, 2.05) is 6.08 Å². The molecule has 18 heavy (non-hydrogen) atoms. The van der Waals surface area contributed by atoms with Gasteiger partial charge in [0.2, 0.25) is 5.79 Å². The highest BCUT2D eigenvalue weighted by atomic mass is 28.4. The van der Waals surface area contributed by atoms with E-state index in [1.165, 1.54) is 0 Å². The average Bonchev–Trinajstić information content (AvgIpc) is 2.73. The minimum Gasteiger partial charge on any atom is -0.459 e. The van der Waals surface area contributed by atoms with Crippen LogP contribution in [0.2, 0.25) is 19.6 Å². The first kappa shape index (κ1) is 13.4. The van der Waals surface area contributed by atoms with Crippen molar-refractivity contribution in [3.8, 4) is 0 Å². The predicted molar refractivity (Wildman–Crippen MR) is 77.6 cm³/mol. The second-order valence-electron chi connectivity index (χ2n) is 5.80. The molecule has 0 fully saturated rings. The summed E-state index contributed by atoms with van der Waals surface area (Å²) in [5.74, 6) is 0.330. The van der Waals surface area contributed by atoms with Gasteiger partial charge in [-0.3, -0.25) is 0 Å². The van der Waals surface area contributed by atoms with E-state index in [-0.39, 0.29) is 0 Å². The third-order valence-corrected chi connectivity index (χ3v) is 3.90. The van der Waals surface area contributed by atoms with Crippen molar-refractivity contribution in [1.82, 2.24) is 0 Å². The molecule has 0 saturated heterocycles. The molecule has 1 unspecified atom stereocenters. The molecule has 1 atom stereocenters. The maximum atomic E-state index is 6.36. The Kier molecular flexibility index (Phi) is 3.64. The van der Waals surface area contributed by atoms with Gasteiger partial charge in [-0.05, 0) is 50.7 Å². The van der Waals surface area contributed by atoms with Crippen molar-refractivity contribution in [2.75, 3.05) is 0 Å². The Morgan fingerprint density at radius 2 is 2.00 bits per heavy atom. The second kappa shape index (κ2) is 4.90. The molecule has 2 nitrogen and oxygen atoms in total. The zero-order chi connectivity index (χ0) is 13.2. The molecule has 98 valence electrons. The fourth-order valence-corrected chi connectivity index (χ4v) is 3.46. The molecular weight excluding hydrogens is 240 g/mol. The SMILES string of the molecule is CC1=CC=CCC1(OC1=CCC=C1)O[Si](C)(C)C. The molecule has 0 aromatic rings. The van der Waals surface area contributed by atoms with Crippen LogP contribution in [-0.4, -0.2) is 14.1 Å². The monoisotopic (exact) mass is 262 g/mol. The van der Waals surface area contributed by atoms with E-state index in [9.17, 15) is 0 Å². The fourth-order valence-electron chi connectivity index (χ4n) is 2.19. The molecule has 3 heteroatoms.